The monoisotopic (exact) mass is 744 g/mol. The highest BCUT2D eigenvalue weighted by atomic mass is 31.2. The van der Waals surface area contributed by atoms with Crippen LogP contribution in [0.5, 0.6) is 0 Å². The van der Waals surface area contributed by atoms with Gasteiger partial charge >= 0.3 is 13.8 Å². The molecule has 0 aliphatic rings. The summed E-state index contributed by atoms with van der Waals surface area (Å²) in [7, 11) is -4.41. The van der Waals surface area contributed by atoms with Crippen molar-refractivity contribution in [3.63, 3.8) is 0 Å². The van der Waals surface area contributed by atoms with Gasteiger partial charge in [0.2, 0.25) is 5.91 Å². The maximum absolute atomic E-state index is 12.0. The molecule has 0 aromatic rings. The Labute approximate surface area is 312 Å². The third kappa shape index (κ3) is 39.5. The largest absolute Gasteiger partial charge is 0.472 e. The fourth-order valence-corrected chi connectivity index (χ4v) is 6.46. The van der Waals surface area contributed by atoms with Gasteiger partial charge in [0.05, 0.1) is 13.2 Å². The fourth-order valence-electron chi connectivity index (χ4n) is 5.70. The Morgan fingerprint density at radius 1 is 0.608 bits per heavy atom. The predicted octanol–water partition coefficient (Wildman–Crippen LogP) is 11.2. The predicted molar refractivity (Wildman–Crippen MR) is 211 cm³/mol. The Bertz CT molecular complexity index is 897. The number of carbonyl (C=O) groups excluding carboxylic acids is 2. The zero-order valence-corrected chi connectivity index (χ0v) is 33.7. The van der Waals surface area contributed by atoms with Gasteiger partial charge in [-0.05, 0) is 44.9 Å². The summed E-state index contributed by atoms with van der Waals surface area (Å²) in [5, 5.41) is 12.7. The second kappa shape index (κ2) is 38.2. The van der Waals surface area contributed by atoms with Crippen LogP contribution >= 0.6 is 7.82 Å². The topological polar surface area (TPSA) is 131 Å². The van der Waals surface area contributed by atoms with Crippen LogP contribution in [0, 0.1) is 0 Å². The van der Waals surface area contributed by atoms with Gasteiger partial charge in [0, 0.05) is 19.4 Å². The summed E-state index contributed by atoms with van der Waals surface area (Å²) >= 11 is 0. The standard InChI is InChI=1S/C41H78NO8P/c1-3-5-7-9-11-13-14-15-16-17-18-19-20-21-22-23-24-26-28-30-32-34-41(45)48-37-39(43)38-50-51(46,47)49-36-35-42-40(44)33-31-29-27-25-12-10-8-6-4-2/h11,13,15-16,39,43H,3-10,12,14,17-38H2,1-2H3,(H,42,44)(H,46,47)/b13-11-,16-15-. The molecule has 300 valence electrons. The molecule has 0 bridgehead atoms. The van der Waals surface area contributed by atoms with E-state index in [0.717, 1.165) is 44.9 Å². The summed E-state index contributed by atoms with van der Waals surface area (Å²) in [6, 6.07) is 0. The van der Waals surface area contributed by atoms with Crippen molar-refractivity contribution in [2.24, 2.45) is 0 Å². The minimum Gasteiger partial charge on any atom is -0.463 e. The number of aliphatic hydroxyl groups excluding tert-OH is 1. The van der Waals surface area contributed by atoms with Gasteiger partial charge in [-0.25, -0.2) is 4.57 Å². The molecular formula is C41H78NO8P. The number of hydrogen-bond acceptors (Lipinski definition) is 7. The van der Waals surface area contributed by atoms with Crippen molar-refractivity contribution in [3.8, 4) is 0 Å². The van der Waals surface area contributed by atoms with Crippen LogP contribution in [-0.4, -0.2) is 54.3 Å². The molecule has 0 radical (unpaired) electrons. The van der Waals surface area contributed by atoms with Crippen LogP contribution in [-0.2, 0) is 27.9 Å². The number of hydrogen-bond donors (Lipinski definition) is 3. The number of nitrogens with one attached hydrogen (secondary N) is 1. The third-order valence-electron chi connectivity index (χ3n) is 8.88. The van der Waals surface area contributed by atoms with Gasteiger partial charge in [0.25, 0.3) is 0 Å². The highest BCUT2D eigenvalue weighted by molar-refractivity contribution is 7.47. The molecule has 2 atom stereocenters. The smallest absolute Gasteiger partial charge is 0.463 e. The van der Waals surface area contributed by atoms with Crippen LogP contribution < -0.4 is 5.32 Å². The molecule has 0 rings (SSSR count). The van der Waals surface area contributed by atoms with Gasteiger partial charge in [-0.3, -0.25) is 18.6 Å². The molecule has 0 spiro atoms. The lowest BCUT2D eigenvalue weighted by molar-refractivity contribution is -0.147. The molecule has 0 saturated carbocycles. The van der Waals surface area contributed by atoms with E-state index in [1.165, 1.54) is 122 Å². The minimum absolute atomic E-state index is 0.0842. The van der Waals surface area contributed by atoms with Gasteiger partial charge in [-0.15, -0.1) is 0 Å². The summed E-state index contributed by atoms with van der Waals surface area (Å²) in [5.74, 6) is -0.518. The SMILES string of the molecule is CCCCC/C=C\C/C=C\CCCCCCCCCCCCCC(=O)OCC(O)COP(=O)(O)OCCNC(=O)CCCCCCCCCCC. The van der Waals surface area contributed by atoms with Crippen molar-refractivity contribution in [3.05, 3.63) is 24.3 Å². The molecule has 9 nitrogen and oxygen atoms in total. The van der Waals surface area contributed by atoms with E-state index in [1.54, 1.807) is 0 Å². The quantitative estimate of drug-likeness (QED) is 0.0245. The first-order chi connectivity index (χ1) is 24.8. The molecule has 0 aromatic carbocycles. The summed E-state index contributed by atoms with van der Waals surface area (Å²) in [4.78, 5) is 33.7. The first-order valence-corrected chi connectivity index (χ1v) is 22.3. The fraction of sp³-hybridized carbons (Fsp3) is 0.854. The summed E-state index contributed by atoms with van der Waals surface area (Å²) in [5.41, 5.74) is 0. The number of amides is 1. The van der Waals surface area contributed by atoms with Crippen molar-refractivity contribution in [1.82, 2.24) is 5.32 Å². The van der Waals surface area contributed by atoms with E-state index in [4.69, 9.17) is 13.8 Å². The molecule has 2 unspecified atom stereocenters. The molecule has 0 heterocycles. The molecule has 0 aromatic heterocycles. The minimum atomic E-state index is -4.41. The second-order valence-corrected chi connectivity index (χ2v) is 15.4. The zero-order chi connectivity index (χ0) is 37.5. The first kappa shape index (κ1) is 49.5. The number of phosphoric acid groups is 1. The lowest BCUT2D eigenvalue weighted by Gasteiger charge is -2.15. The Balaban J connectivity index is 3.57. The number of allylic oxidation sites excluding steroid dienone is 4. The van der Waals surface area contributed by atoms with Crippen molar-refractivity contribution >= 4 is 19.7 Å². The normalized spacial score (nSPS) is 13.6. The average molecular weight is 744 g/mol. The molecule has 10 heteroatoms. The highest BCUT2D eigenvalue weighted by Crippen LogP contribution is 2.42. The molecule has 0 aliphatic heterocycles. The number of rotatable bonds is 39. The Morgan fingerprint density at radius 2 is 1.06 bits per heavy atom. The maximum atomic E-state index is 12.0. The Kier molecular flexibility index (Phi) is 37.1. The van der Waals surface area contributed by atoms with Crippen molar-refractivity contribution in [2.45, 2.75) is 200 Å². The third-order valence-corrected chi connectivity index (χ3v) is 9.87. The second-order valence-electron chi connectivity index (χ2n) is 14.0. The first-order valence-electron chi connectivity index (χ1n) is 20.8. The van der Waals surface area contributed by atoms with E-state index in [9.17, 15) is 24.2 Å². The number of unbranched alkanes of at least 4 members (excludes halogenated alkanes) is 22. The number of ether oxygens (including phenoxy) is 1. The van der Waals surface area contributed by atoms with Gasteiger partial charge in [-0.2, -0.15) is 0 Å². The highest BCUT2D eigenvalue weighted by Gasteiger charge is 2.23. The molecular weight excluding hydrogens is 665 g/mol. The Hall–Kier alpha value is -1.51. The average Bonchev–Trinajstić information content (AvgIpc) is 3.11. The molecule has 0 aliphatic carbocycles. The van der Waals surface area contributed by atoms with Crippen molar-refractivity contribution in [2.75, 3.05) is 26.4 Å². The van der Waals surface area contributed by atoms with Crippen LogP contribution in [0.1, 0.15) is 194 Å². The number of carbonyl (C=O) groups is 2. The number of esters is 1. The van der Waals surface area contributed by atoms with E-state index in [1.807, 2.05) is 0 Å². The van der Waals surface area contributed by atoms with E-state index < -0.39 is 26.5 Å². The summed E-state index contributed by atoms with van der Waals surface area (Å²) in [6.45, 7) is 3.51. The molecule has 0 saturated heterocycles. The van der Waals surface area contributed by atoms with Crippen molar-refractivity contribution < 1.29 is 37.9 Å². The Morgan fingerprint density at radius 3 is 1.61 bits per heavy atom. The van der Waals surface area contributed by atoms with Crippen LogP contribution in [0.25, 0.3) is 0 Å². The lowest BCUT2D eigenvalue weighted by Crippen LogP contribution is -2.27. The van der Waals surface area contributed by atoms with E-state index in [0.29, 0.717) is 6.42 Å². The van der Waals surface area contributed by atoms with Crippen molar-refractivity contribution in [1.29, 1.82) is 0 Å². The van der Waals surface area contributed by atoms with Crippen LogP contribution in [0.15, 0.2) is 24.3 Å². The van der Waals surface area contributed by atoms with E-state index in [2.05, 4.69) is 43.5 Å². The van der Waals surface area contributed by atoms with Crippen LogP contribution in [0.4, 0.5) is 0 Å². The molecule has 1 amide bonds. The number of phosphoric ester groups is 1. The van der Waals surface area contributed by atoms with Gasteiger partial charge in [-0.1, -0.05) is 160 Å². The maximum Gasteiger partial charge on any atom is 0.472 e. The molecule has 3 N–H and O–H groups in total. The van der Waals surface area contributed by atoms with E-state index in [-0.39, 0.29) is 32.1 Å². The van der Waals surface area contributed by atoms with Gasteiger partial charge in [0.15, 0.2) is 0 Å². The zero-order valence-electron chi connectivity index (χ0n) is 32.8. The molecule has 51 heavy (non-hydrogen) atoms. The molecule has 0 fully saturated rings. The van der Waals surface area contributed by atoms with Gasteiger partial charge in [0.1, 0.15) is 12.7 Å². The summed E-state index contributed by atoms with van der Waals surface area (Å²) in [6.07, 6.45) is 39.7. The summed E-state index contributed by atoms with van der Waals surface area (Å²) < 4.78 is 26.8. The number of aliphatic hydroxyl groups is 1. The van der Waals surface area contributed by atoms with Crippen LogP contribution in [0.3, 0.4) is 0 Å². The van der Waals surface area contributed by atoms with Gasteiger partial charge < -0.3 is 20.1 Å². The van der Waals surface area contributed by atoms with Crippen LogP contribution in [0.2, 0.25) is 0 Å². The van der Waals surface area contributed by atoms with E-state index >= 15 is 0 Å². The lowest BCUT2D eigenvalue weighted by atomic mass is 10.0.